The summed E-state index contributed by atoms with van der Waals surface area (Å²) in [6.45, 7) is 4.03. The molecule has 3 nitrogen and oxygen atoms in total. The number of benzene rings is 2. The van der Waals surface area contributed by atoms with E-state index in [1.807, 2.05) is 38.1 Å². The molecule has 0 aliphatic rings. The van der Waals surface area contributed by atoms with Gasteiger partial charge in [-0.15, -0.1) is 0 Å². The van der Waals surface area contributed by atoms with Gasteiger partial charge in [0.15, 0.2) is 0 Å². The second-order valence-corrected chi connectivity index (χ2v) is 5.54. The smallest absolute Gasteiger partial charge is 0.234 e. The zero-order chi connectivity index (χ0) is 16.8. The number of hydrogen-bond donors (Lipinski definition) is 2. The Morgan fingerprint density at radius 1 is 1.13 bits per heavy atom. The van der Waals surface area contributed by atoms with Crippen LogP contribution < -0.4 is 10.6 Å². The highest BCUT2D eigenvalue weighted by atomic mass is 19.1. The lowest BCUT2D eigenvalue weighted by Crippen LogP contribution is -2.35. The monoisotopic (exact) mass is 318 g/mol. The van der Waals surface area contributed by atoms with Gasteiger partial charge in [-0.2, -0.15) is 0 Å². The molecule has 2 rings (SSSR count). The van der Waals surface area contributed by atoms with Crippen LogP contribution in [0.4, 0.5) is 8.78 Å². The molecule has 2 aromatic carbocycles. The largest absolute Gasteiger partial charge is 0.348 e. The number of hydrogen-bond acceptors (Lipinski definition) is 2. The third kappa shape index (κ3) is 5.14. The predicted molar refractivity (Wildman–Crippen MR) is 85.8 cm³/mol. The number of rotatable bonds is 6. The first-order valence-electron chi connectivity index (χ1n) is 7.46. The van der Waals surface area contributed by atoms with Crippen molar-refractivity contribution in [2.24, 2.45) is 0 Å². The van der Waals surface area contributed by atoms with Crippen molar-refractivity contribution in [2.75, 3.05) is 6.54 Å². The normalized spacial score (nSPS) is 12.0. The molecule has 0 saturated heterocycles. The number of aryl methyl sites for hydroxylation is 1. The Kier molecular flexibility index (Phi) is 5.82. The molecule has 0 fully saturated rings. The van der Waals surface area contributed by atoms with Crippen LogP contribution >= 0.6 is 0 Å². The van der Waals surface area contributed by atoms with Crippen LogP contribution in [0.15, 0.2) is 42.5 Å². The quantitative estimate of drug-likeness (QED) is 0.858. The number of nitrogens with one attached hydrogen (secondary N) is 2. The second-order valence-electron chi connectivity index (χ2n) is 5.54. The molecular weight excluding hydrogens is 298 g/mol. The van der Waals surface area contributed by atoms with E-state index in [-0.39, 0.29) is 30.6 Å². The van der Waals surface area contributed by atoms with E-state index >= 15 is 0 Å². The molecular formula is C18H20F2N2O. The van der Waals surface area contributed by atoms with Gasteiger partial charge in [0, 0.05) is 12.1 Å². The summed E-state index contributed by atoms with van der Waals surface area (Å²) in [5, 5.41) is 5.68. The van der Waals surface area contributed by atoms with Crippen molar-refractivity contribution < 1.29 is 13.6 Å². The minimum atomic E-state index is -0.499. The predicted octanol–water partition coefficient (Wildman–Crippen LogP) is 3.24. The Morgan fingerprint density at radius 2 is 1.83 bits per heavy atom. The Balaban J connectivity index is 1.81. The molecule has 122 valence electrons. The summed E-state index contributed by atoms with van der Waals surface area (Å²) in [6, 6.07) is 11.1. The second kappa shape index (κ2) is 7.83. The molecule has 2 aromatic rings. The van der Waals surface area contributed by atoms with Crippen LogP contribution in [-0.2, 0) is 11.3 Å². The van der Waals surface area contributed by atoms with E-state index in [0.29, 0.717) is 0 Å². The summed E-state index contributed by atoms with van der Waals surface area (Å²) >= 11 is 0. The number of carbonyl (C=O) groups is 1. The molecule has 0 aliphatic heterocycles. The lowest BCUT2D eigenvalue weighted by atomic mass is 10.1. The Bertz CT molecular complexity index is 671. The van der Waals surface area contributed by atoms with E-state index in [1.54, 1.807) is 0 Å². The van der Waals surface area contributed by atoms with E-state index in [2.05, 4.69) is 10.6 Å². The van der Waals surface area contributed by atoms with Crippen molar-refractivity contribution in [1.29, 1.82) is 0 Å². The molecule has 0 spiro atoms. The molecule has 5 heteroatoms. The lowest BCUT2D eigenvalue weighted by Gasteiger charge is -2.15. The Labute approximate surface area is 134 Å². The molecule has 2 N–H and O–H groups in total. The van der Waals surface area contributed by atoms with Crippen LogP contribution in [0.3, 0.4) is 0 Å². The number of carbonyl (C=O) groups excluding carboxylic acids is 1. The molecule has 1 amide bonds. The third-order valence-electron chi connectivity index (χ3n) is 3.56. The van der Waals surface area contributed by atoms with Crippen molar-refractivity contribution in [1.82, 2.24) is 10.6 Å². The minimum absolute atomic E-state index is 0.0339. The molecule has 0 heterocycles. The summed E-state index contributed by atoms with van der Waals surface area (Å²) in [7, 11) is 0. The molecule has 0 unspecified atom stereocenters. The number of amides is 1. The van der Waals surface area contributed by atoms with Gasteiger partial charge >= 0.3 is 0 Å². The van der Waals surface area contributed by atoms with Crippen LogP contribution in [0.2, 0.25) is 0 Å². The van der Waals surface area contributed by atoms with Gasteiger partial charge in [-0.25, -0.2) is 8.78 Å². The van der Waals surface area contributed by atoms with Gasteiger partial charge in [0.25, 0.3) is 0 Å². The van der Waals surface area contributed by atoms with E-state index in [9.17, 15) is 13.6 Å². The van der Waals surface area contributed by atoms with Crippen molar-refractivity contribution in [2.45, 2.75) is 26.4 Å². The fourth-order valence-electron chi connectivity index (χ4n) is 2.22. The molecule has 23 heavy (non-hydrogen) atoms. The van der Waals surface area contributed by atoms with Crippen LogP contribution in [0.5, 0.6) is 0 Å². The average molecular weight is 318 g/mol. The van der Waals surface area contributed by atoms with Crippen LogP contribution in [-0.4, -0.2) is 12.5 Å². The highest BCUT2D eigenvalue weighted by Crippen LogP contribution is 2.13. The first kappa shape index (κ1) is 17.1. The first-order valence-corrected chi connectivity index (χ1v) is 7.46. The third-order valence-corrected chi connectivity index (χ3v) is 3.56. The summed E-state index contributed by atoms with van der Waals surface area (Å²) in [5.74, 6) is -1.19. The molecule has 1 atom stereocenters. The van der Waals surface area contributed by atoms with Gasteiger partial charge in [-0.1, -0.05) is 29.8 Å². The standard InChI is InChI=1S/C18H20F2N2O/c1-12-3-5-14(6-4-12)13(2)22-18(23)11-21-10-15-9-16(19)7-8-17(15)20/h3-9,13,21H,10-11H2,1-2H3,(H,22,23)/t13-/m1/s1. The van der Waals surface area contributed by atoms with Crippen molar-refractivity contribution in [3.8, 4) is 0 Å². The zero-order valence-corrected chi connectivity index (χ0v) is 13.2. The fourth-order valence-corrected chi connectivity index (χ4v) is 2.22. The Morgan fingerprint density at radius 3 is 2.52 bits per heavy atom. The SMILES string of the molecule is Cc1ccc([C@@H](C)NC(=O)CNCc2cc(F)ccc2F)cc1. The maximum atomic E-state index is 13.5. The van der Waals surface area contributed by atoms with Gasteiger partial charge in [-0.3, -0.25) is 4.79 Å². The average Bonchev–Trinajstić information content (AvgIpc) is 2.51. The van der Waals surface area contributed by atoms with E-state index in [0.717, 1.165) is 29.3 Å². The number of halogens is 2. The summed E-state index contributed by atoms with van der Waals surface area (Å²) in [4.78, 5) is 11.9. The molecule has 0 radical (unpaired) electrons. The van der Waals surface area contributed by atoms with Crippen LogP contribution in [0.1, 0.15) is 29.7 Å². The van der Waals surface area contributed by atoms with Crippen LogP contribution in [0.25, 0.3) is 0 Å². The van der Waals surface area contributed by atoms with Crippen LogP contribution in [0, 0.1) is 18.6 Å². The van der Waals surface area contributed by atoms with Crippen molar-refractivity contribution in [3.05, 3.63) is 70.8 Å². The summed E-state index contributed by atoms with van der Waals surface area (Å²) < 4.78 is 26.5. The van der Waals surface area contributed by atoms with E-state index in [4.69, 9.17) is 0 Å². The van der Waals surface area contributed by atoms with E-state index in [1.165, 1.54) is 0 Å². The topological polar surface area (TPSA) is 41.1 Å². The fraction of sp³-hybridized carbons (Fsp3) is 0.278. The van der Waals surface area contributed by atoms with Crippen molar-refractivity contribution >= 4 is 5.91 Å². The molecule has 0 aromatic heterocycles. The van der Waals surface area contributed by atoms with Crippen molar-refractivity contribution in [3.63, 3.8) is 0 Å². The van der Waals surface area contributed by atoms with Gasteiger partial charge in [0.05, 0.1) is 12.6 Å². The summed E-state index contributed by atoms with van der Waals surface area (Å²) in [6.07, 6.45) is 0. The molecule has 0 saturated carbocycles. The molecule has 0 bridgehead atoms. The molecule has 0 aliphatic carbocycles. The lowest BCUT2D eigenvalue weighted by molar-refractivity contribution is -0.120. The van der Waals surface area contributed by atoms with Gasteiger partial charge in [0.2, 0.25) is 5.91 Å². The van der Waals surface area contributed by atoms with Gasteiger partial charge in [0.1, 0.15) is 11.6 Å². The van der Waals surface area contributed by atoms with Gasteiger partial charge in [-0.05, 0) is 37.6 Å². The van der Waals surface area contributed by atoms with Gasteiger partial charge < -0.3 is 10.6 Å². The summed E-state index contributed by atoms with van der Waals surface area (Å²) in [5.41, 5.74) is 2.37. The maximum Gasteiger partial charge on any atom is 0.234 e. The minimum Gasteiger partial charge on any atom is -0.348 e. The maximum absolute atomic E-state index is 13.5. The zero-order valence-electron chi connectivity index (χ0n) is 13.2. The Hall–Kier alpha value is -2.27. The first-order chi connectivity index (χ1) is 11.0. The highest BCUT2D eigenvalue weighted by molar-refractivity contribution is 5.78. The highest BCUT2D eigenvalue weighted by Gasteiger charge is 2.10. The van der Waals surface area contributed by atoms with E-state index < -0.39 is 11.6 Å².